The van der Waals surface area contributed by atoms with Gasteiger partial charge in [-0.2, -0.15) is 0 Å². The first-order valence-corrected chi connectivity index (χ1v) is 11.4. The molecule has 156 valence electrons. The molecule has 3 rings (SSSR count). The van der Waals surface area contributed by atoms with Crippen LogP contribution in [0.4, 0.5) is 15.8 Å². The monoisotopic (exact) mass is 439 g/mol. The van der Waals surface area contributed by atoms with Crippen LogP contribution in [0.3, 0.4) is 0 Å². The van der Waals surface area contributed by atoms with Crippen molar-refractivity contribution in [3.05, 3.63) is 58.9 Å². The molecule has 1 saturated heterocycles. The average molecular weight is 440 g/mol. The van der Waals surface area contributed by atoms with Gasteiger partial charge in [0, 0.05) is 31.2 Å². The number of piperazine rings is 1. The van der Waals surface area contributed by atoms with Crippen molar-refractivity contribution in [2.24, 2.45) is 0 Å². The molecule has 0 saturated carbocycles. The van der Waals surface area contributed by atoms with Gasteiger partial charge >= 0.3 is 0 Å². The van der Waals surface area contributed by atoms with Crippen molar-refractivity contribution in [1.82, 2.24) is 4.90 Å². The van der Waals surface area contributed by atoms with E-state index in [9.17, 15) is 17.6 Å². The summed E-state index contributed by atoms with van der Waals surface area (Å²) < 4.78 is 39.6. The van der Waals surface area contributed by atoms with Crippen molar-refractivity contribution in [2.75, 3.05) is 48.2 Å². The second-order valence-electron chi connectivity index (χ2n) is 7.02. The van der Waals surface area contributed by atoms with E-state index in [0.717, 1.165) is 16.1 Å². The molecular formula is C20H23ClFN3O3S. The van der Waals surface area contributed by atoms with Gasteiger partial charge in [0.1, 0.15) is 12.4 Å². The summed E-state index contributed by atoms with van der Waals surface area (Å²) in [5.41, 5.74) is 1.67. The van der Waals surface area contributed by atoms with E-state index < -0.39 is 10.0 Å². The van der Waals surface area contributed by atoms with Gasteiger partial charge in [0.05, 0.1) is 17.6 Å². The molecule has 0 aromatic heterocycles. The van der Waals surface area contributed by atoms with Crippen LogP contribution in [0, 0.1) is 12.7 Å². The maximum Gasteiger partial charge on any atom is 0.243 e. The van der Waals surface area contributed by atoms with E-state index in [4.69, 9.17) is 11.6 Å². The summed E-state index contributed by atoms with van der Waals surface area (Å²) >= 11 is 6.13. The Morgan fingerprint density at radius 3 is 2.38 bits per heavy atom. The van der Waals surface area contributed by atoms with E-state index >= 15 is 0 Å². The predicted molar refractivity (Wildman–Crippen MR) is 114 cm³/mol. The first kappa shape index (κ1) is 21.4. The molecule has 0 N–H and O–H groups in total. The first-order chi connectivity index (χ1) is 13.7. The molecule has 29 heavy (non-hydrogen) atoms. The summed E-state index contributed by atoms with van der Waals surface area (Å²) in [5.74, 6) is -0.605. The average Bonchev–Trinajstić information content (AvgIpc) is 2.68. The van der Waals surface area contributed by atoms with Crippen molar-refractivity contribution in [1.29, 1.82) is 0 Å². The van der Waals surface area contributed by atoms with Crippen LogP contribution in [0.25, 0.3) is 0 Å². The second-order valence-corrected chi connectivity index (χ2v) is 9.34. The maximum absolute atomic E-state index is 14.0. The fourth-order valence-corrected chi connectivity index (χ4v) is 4.28. The van der Waals surface area contributed by atoms with E-state index in [2.05, 4.69) is 0 Å². The first-order valence-electron chi connectivity index (χ1n) is 9.18. The summed E-state index contributed by atoms with van der Waals surface area (Å²) in [6.07, 6.45) is 1.06. The Balaban J connectivity index is 1.69. The maximum atomic E-state index is 14.0. The standard InChI is InChI=1S/C20H23ClFN3O3S/c1-15-7-8-16(13-17(15)21)25(29(2,27)28)14-20(26)24-11-9-23(10-12-24)19-6-4-3-5-18(19)22/h3-8,13H,9-12,14H2,1-2H3. The lowest BCUT2D eigenvalue weighted by atomic mass is 10.2. The number of sulfonamides is 1. The normalized spacial score (nSPS) is 14.8. The minimum absolute atomic E-state index is 0.299. The fraction of sp³-hybridized carbons (Fsp3) is 0.350. The van der Waals surface area contributed by atoms with E-state index in [1.807, 2.05) is 11.8 Å². The molecule has 0 spiro atoms. The van der Waals surface area contributed by atoms with Crippen molar-refractivity contribution in [3.8, 4) is 0 Å². The summed E-state index contributed by atoms with van der Waals surface area (Å²) in [5, 5.41) is 0.433. The molecule has 2 aromatic carbocycles. The lowest BCUT2D eigenvalue weighted by molar-refractivity contribution is -0.129. The Hall–Kier alpha value is -2.32. The summed E-state index contributed by atoms with van der Waals surface area (Å²) in [6, 6.07) is 11.4. The van der Waals surface area contributed by atoms with Gasteiger partial charge in [-0.25, -0.2) is 12.8 Å². The number of rotatable bonds is 5. The number of halogens is 2. The Kier molecular flexibility index (Phi) is 6.33. The molecule has 1 aliphatic heterocycles. The van der Waals surface area contributed by atoms with Gasteiger partial charge in [0.15, 0.2) is 0 Å². The van der Waals surface area contributed by atoms with Gasteiger partial charge in [-0.3, -0.25) is 9.10 Å². The van der Waals surface area contributed by atoms with Gasteiger partial charge < -0.3 is 9.80 Å². The van der Waals surface area contributed by atoms with Crippen molar-refractivity contribution in [2.45, 2.75) is 6.92 Å². The molecule has 1 aliphatic rings. The van der Waals surface area contributed by atoms with Crippen LogP contribution in [0.2, 0.25) is 5.02 Å². The van der Waals surface area contributed by atoms with Gasteiger partial charge in [0.25, 0.3) is 0 Å². The predicted octanol–water partition coefficient (Wildman–Crippen LogP) is 2.90. The molecule has 0 bridgehead atoms. The molecule has 0 atom stereocenters. The van der Waals surface area contributed by atoms with E-state index in [0.29, 0.717) is 42.6 Å². The molecule has 6 nitrogen and oxygen atoms in total. The summed E-state index contributed by atoms with van der Waals surface area (Å²) in [4.78, 5) is 16.3. The fourth-order valence-electron chi connectivity index (χ4n) is 3.26. The number of anilines is 2. The third-order valence-electron chi connectivity index (χ3n) is 4.95. The quantitative estimate of drug-likeness (QED) is 0.718. The Bertz CT molecular complexity index is 1010. The van der Waals surface area contributed by atoms with E-state index in [1.165, 1.54) is 6.07 Å². The van der Waals surface area contributed by atoms with Gasteiger partial charge in [-0.15, -0.1) is 0 Å². The molecule has 1 amide bonds. The minimum atomic E-state index is -3.67. The number of hydrogen-bond donors (Lipinski definition) is 0. The van der Waals surface area contributed by atoms with Crippen molar-refractivity contribution in [3.63, 3.8) is 0 Å². The molecule has 2 aromatic rings. The van der Waals surface area contributed by atoms with E-state index in [1.54, 1.807) is 41.3 Å². The SMILES string of the molecule is Cc1ccc(N(CC(=O)N2CCN(c3ccccc3F)CC2)S(C)(=O)=O)cc1Cl. The molecule has 0 radical (unpaired) electrons. The third kappa shape index (κ3) is 5.00. The number of nitrogens with zero attached hydrogens (tertiary/aromatic N) is 3. The Labute approximate surface area is 175 Å². The van der Waals surface area contributed by atoms with Crippen molar-refractivity contribution >= 4 is 38.9 Å². The zero-order chi connectivity index (χ0) is 21.2. The Morgan fingerprint density at radius 1 is 1.14 bits per heavy atom. The van der Waals surface area contributed by atoms with Crippen LogP contribution >= 0.6 is 11.6 Å². The smallest absolute Gasteiger partial charge is 0.243 e. The van der Waals surface area contributed by atoms with Crippen LogP contribution in [-0.4, -0.2) is 58.2 Å². The second kappa shape index (κ2) is 8.59. The zero-order valence-electron chi connectivity index (χ0n) is 16.3. The largest absolute Gasteiger partial charge is 0.366 e. The number of hydrogen-bond acceptors (Lipinski definition) is 4. The third-order valence-corrected chi connectivity index (χ3v) is 6.50. The Morgan fingerprint density at radius 2 is 1.79 bits per heavy atom. The summed E-state index contributed by atoms with van der Waals surface area (Å²) in [7, 11) is -3.67. The molecular weight excluding hydrogens is 417 g/mol. The topological polar surface area (TPSA) is 60.9 Å². The van der Waals surface area contributed by atoms with Crippen LogP contribution in [0.5, 0.6) is 0 Å². The molecule has 1 fully saturated rings. The highest BCUT2D eigenvalue weighted by atomic mass is 35.5. The van der Waals surface area contributed by atoms with Crippen LogP contribution in [0.15, 0.2) is 42.5 Å². The number of para-hydroxylation sites is 1. The van der Waals surface area contributed by atoms with Gasteiger partial charge in [-0.05, 0) is 36.8 Å². The van der Waals surface area contributed by atoms with Gasteiger partial charge in [0.2, 0.25) is 15.9 Å². The zero-order valence-corrected chi connectivity index (χ0v) is 17.9. The molecule has 9 heteroatoms. The highest BCUT2D eigenvalue weighted by molar-refractivity contribution is 7.92. The number of aryl methyl sites for hydroxylation is 1. The lowest BCUT2D eigenvalue weighted by Crippen LogP contribution is -2.52. The minimum Gasteiger partial charge on any atom is -0.366 e. The van der Waals surface area contributed by atoms with Crippen LogP contribution in [-0.2, 0) is 14.8 Å². The molecule has 0 unspecified atom stereocenters. The summed E-state index contributed by atoms with van der Waals surface area (Å²) in [6.45, 7) is 3.23. The van der Waals surface area contributed by atoms with Gasteiger partial charge in [-0.1, -0.05) is 29.8 Å². The van der Waals surface area contributed by atoms with E-state index in [-0.39, 0.29) is 18.3 Å². The number of benzene rings is 2. The highest BCUT2D eigenvalue weighted by Crippen LogP contribution is 2.25. The number of carbonyl (C=O) groups excluding carboxylic acids is 1. The molecule has 1 heterocycles. The van der Waals surface area contributed by atoms with Crippen molar-refractivity contribution < 1.29 is 17.6 Å². The van der Waals surface area contributed by atoms with Crippen LogP contribution < -0.4 is 9.21 Å². The number of carbonyl (C=O) groups is 1. The molecule has 0 aliphatic carbocycles. The number of amides is 1. The highest BCUT2D eigenvalue weighted by Gasteiger charge is 2.27. The van der Waals surface area contributed by atoms with Crippen LogP contribution in [0.1, 0.15) is 5.56 Å². The lowest BCUT2D eigenvalue weighted by Gasteiger charge is -2.37.